The molecule has 4 heteroatoms. The molecule has 3 aromatic rings. The number of esters is 1. The molecular formula is C18H15NO3. The molecule has 0 amide bonds. The largest absolute Gasteiger partial charge is 0.460 e. The van der Waals surface area contributed by atoms with E-state index in [0.29, 0.717) is 5.69 Å². The highest BCUT2D eigenvalue weighted by Crippen LogP contribution is 2.28. The summed E-state index contributed by atoms with van der Waals surface area (Å²) in [5.41, 5.74) is 2.80. The summed E-state index contributed by atoms with van der Waals surface area (Å²) in [5.74, 6) is -1.46. The molecule has 0 saturated carbocycles. The lowest BCUT2D eigenvalue weighted by atomic mass is 10.0. The van der Waals surface area contributed by atoms with Gasteiger partial charge in [0, 0.05) is 17.3 Å². The van der Waals surface area contributed by atoms with Crippen molar-refractivity contribution in [2.75, 3.05) is 6.61 Å². The molecule has 0 aliphatic carbocycles. The number of hydrogen-bond acceptors (Lipinski definition) is 3. The number of Topliss-reactive ketones (excluding diaryl/α,β-unsaturated/α-hetero) is 1. The highest BCUT2D eigenvalue weighted by Gasteiger charge is 2.25. The third-order valence-electron chi connectivity index (χ3n) is 3.44. The number of nitrogens with zero attached hydrogens (tertiary/aromatic N) is 1. The predicted octanol–water partition coefficient (Wildman–Crippen LogP) is 3.35. The van der Waals surface area contributed by atoms with Gasteiger partial charge in [0.25, 0.3) is 5.78 Å². The second-order valence-electron chi connectivity index (χ2n) is 4.82. The van der Waals surface area contributed by atoms with Gasteiger partial charge < -0.3 is 9.14 Å². The number of fused-ring (bicyclic) bond motifs is 1. The minimum Gasteiger partial charge on any atom is -0.460 e. The van der Waals surface area contributed by atoms with Gasteiger partial charge in [-0.25, -0.2) is 4.79 Å². The predicted molar refractivity (Wildman–Crippen MR) is 83.8 cm³/mol. The molecule has 22 heavy (non-hydrogen) atoms. The molecule has 0 saturated heterocycles. The molecule has 0 aliphatic heterocycles. The molecule has 0 aliphatic rings. The van der Waals surface area contributed by atoms with Crippen molar-refractivity contribution in [2.45, 2.75) is 6.92 Å². The summed E-state index contributed by atoms with van der Waals surface area (Å²) in [4.78, 5) is 24.4. The third kappa shape index (κ3) is 2.39. The fourth-order valence-electron chi connectivity index (χ4n) is 2.49. The number of benzene rings is 1. The molecule has 0 spiro atoms. The fourth-order valence-corrected chi connectivity index (χ4v) is 2.49. The van der Waals surface area contributed by atoms with E-state index in [9.17, 15) is 9.59 Å². The van der Waals surface area contributed by atoms with Crippen LogP contribution in [0.1, 0.15) is 17.4 Å². The van der Waals surface area contributed by atoms with E-state index < -0.39 is 11.8 Å². The molecular weight excluding hydrogens is 278 g/mol. The van der Waals surface area contributed by atoms with Gasteiger partial charge in [0.05, 0.1) is 6.61 Å². The Morgan fingerprint density at radius 1 is 1.05 bits per heavy atom. The Balaban J connectivity index is 2.22. The lowest BCUT2D eigenvalue weighted by molar-refractivity contribution is -0.137. The summed E-state index contributed by atoms with van der Waals surface area (Å²) in [6.07, 6.45) is 1.77. The van der Waals surface area contributed by atoms with Crippen molar-refractivity contribution < 1.29 is 14.3 Å². The summed E-state index contributed by atoms with van der Waals surface area (Å²) in [5, 5.41) is 0. The first-order valence-corrected chi connectivity index (χ1v) is 7.09. The Bertz CT molecular complexity index is 834. The van der Waals surface area contributed by atoms with Crippen LogP contribution in [0.4, 0.5) is 0 Å². The number of aromatic nitrogens is 1. The Morgan fingerprint density at radius 3 is 2.50 bits per heavy atom. The number of ether oxygens (including phenoxy) is 1. The number of ketones is 1. The maximum atomic E-state index is 12.5. The molecule has 1 aromatic carbocycles. The van der Waals surface area contributed by atoms with Crippen molar-refractivity contribution in [1.29, 1.82) is 0 Å². The van der Waals surface area contributed by atoms with Crippen molar-refractivity contribution in [1.82, 2.24) is 4.40 Å². The van der Waals surface area contributed by atoms with Crippen LogP contribution in [-0.4, -0.2) is 22.8 Å². The summed E-state index contributed by atoms with van der Waals surface area (Å²) in [6, 6.07) is 17.1. The molecule has 0 fully saturated rings. The molecule has 2 aromatic heterocycles. The molecule has 4 nitrogen and oxygen atoms in total. The van der Waals surface area contributed by atoms with Crippen LogP contribution in [0.2, 0.25) is 0 Å². The first-order chi connectivity index (χ1) is 10.7. The van der Waals surface area contributed by atoms with Crippen molar-refractivity contribution >= 4 is 17.3 Å². The maximum absolute atomic E-state index is 12.5. The fraction of sp³-hybridized carbons (Fsp3) is 0.111. The zero-order valence-electron chi connectivity index (χ0n) is 12.2. The zero-order chi connectivity index (χ0) is 15.5. The lowest BCUT2D eigenvalue weighted by Gasteiger charge is -2.06. The van der Waals surface area contributed by atoms with Gasteiger partial charge in [-0.15, -0.1) is 0 Å². The zero-order valence-corrected chi connectivity index (χ0v) is 12.2. The number of pyridine rings is 1. The van der Waals surface area contributed by atoms with Crippen LogP contribution in [0.3, 0.4) is 0 Å². The monoisotopic (exact) mass is 293 g/mol. The third-order valence-corrected chi connectivity index (χ3v) is 3.44. The van der Waals surface area contributed by atoms with Gasteiger partial charge >= 0.3 is 5.97 Å². The second kappa shape index (κ2) is 5.85. The quantitative estimate of drug-likeness (QED) is 0.421. The normalized spacial score (nSPS) is 10.6. The number of hydrogen-bond donors (Lipinski definition) is 0. The second-order valence-corrected chi connectivity index (χ2v) is 4.82. The van der Waals surface area contributed by atoms with Gasteiger partial charge in [0.2, 0.25) is 0 Å². The van der Waals surface area contributed by atoms with E-state index in [1.165, 1.54) is 0 Å². The van der Waals surface area contributed by atoms with E-state index in [2.05, 4.69) is 0 Å². The number of carbonyl (C=O) groups is 2. The van der Waals surface area contributed by atoms with Gasteiger partial charge in [-0.2, -0.15) is 0 Å². The minimum absolute atomic E-state index is 0.175. The lowest BCUT2D eigenvalue weighted by Crippen LogP contribution is -2.19. The van der Waals surface area contributed by atoms with Crippen molar-refractivity contribution in [3.63, 3.8) is 0 Å². The smallest absolute Gasteiger partial charge is 0.381 e. The molecule has 110 valence electrons. The van der Waals surface area contributed by atoms with E-state index in [1.54, 1.807) is 17.5 Å². The van der Waals surface area contributed by atoms with E-state index in [4.69, 9.17) is 4.74 Å². The van der Waals surface area contributed by atoms with Crippen LogP contribution < -0.4 is 0 Å². The molecule has 0 N–H and O–H groups in total. The van der Waals surface area contributed by atoms with Crippen molar-refractivity contribution in [2.24, 2.45) is 0 Å². The van der Waals surface area contributed by atoms with Crippen molar-refractivity contribution in [3.8, 4) is 11.1 Å². The Hall–Kier alpha value is -2.88. The topological polar surface area (TPSA) is 47.8 Å². The van der Waals surface area contributed by atoms with Crippen LogP contribution in [0.25, 0.3) is 16.6 Å². The van der Waals surface area contributed by atoms with Gasteiger partial charge in [0.15, 0.2) is 0 Å². The first kappa shape index (κ1) is 14.1. The van der Waals surface area contributed by atoms with E-state index >= 15 is 0 Å². The average molecular weight is 293 g/mol. The Morgan fingerprint density at radius 2 is 1.77 bits per heavy atom. The summed E-state index contributed by atoms with van der Waals surface area (Å²) >= 11 is 0. The Kier molecular flexibility index (Phi) is 3.74. The van der Waals surface area contributed by atoms with E-state index in [-0.39, 0.29) is 6.61 Å². The van der Waals surface area contributed by atoms with Crippen LogP contribution in [-0.2, 0) is 9.53 Å². The SMILES string of the molecule is CCOC(=O)C(=O)c1c(-c2ccccc2)cc2ccccn12. The molecule has 0 atom stereocenters. The van der Waals surface area contributed by atoms with Crippen molar-refractivity contribution in [3.05, 3.63) is 66.5 Å². The van der Waals surface area contributed by atoms with Gasteiger partial charge in [0.1, 0.15) is 5.69 Å². The molecule has 2 heterocycles. The molecule has 3 rings (SSSR count). The molecule has 0 unspecified atom stereocenters. The number of carbonyl (C=O) groups excluding carboxylic acids is 2. The average Bonchev–Trinajstić information content (AvgIpc) is 2.94. The van der Waals surface area contributed by atoms with Crippen LogP contribution in [0.5, 0.6) is 0 Å². The van der Waals surface area contributed by atoms with Crippen LogP contribution in [0, 0.1) is 0 Å². The minimum atomic E-state index is -0.830. The van der Waals surface area contributed by atoms with E-state index in [1.807, 2.05) is 54.6 Å². The summed E-state index contributed by atoms with van der Waals surface area (Å²) in [6.45, 7) is 1.86. The summed E-state index contributed by atoms with van der Waals surface area (Å²) in [7, 11) is 0. The summed E-state index contributed by atoms with van der Waals surface area (Å²) < 4.78 is 6.59. The van der Waals surface area contributed by atoms with Crippen LogP contribution in [0.15, 0.2) is 60.8 Å². The van der Waals surface area contributed by atoms with Gasteiger partial charge in [-0.05, 0) is 30.7 Å². The highest BCUT2D eigenvalue weighted by atomic mass is 16.5. The molecule has 0 bridgehead atoms. The first-order valence-electron chi connectivity index (χ1n) is 7.09. The van der Waals surface area contributed by atoms with Crippen LogP contribution >= 0.6 is 0 Å². The highest BCUT2D eigenvalue weighted by molar-refractivity contribution is 6.41. The van der Waals surface area contributed by atoms with Gasteiger partial charge in [-0.1, -0.05) is 36.4 Å². The maximum Gasteiger partial charge on any atom is 0.381 e. The number of rotatable bonds is 4. The van der Waals surface area contributed by atoms with E-state index in [0.717, 1.165) is 16.6 Å². The Labute approximate surface area is 128 Å². The van der Waals surface area contributed by atoms with Gasteiger partial charge in [-0.3, -0.25) is 4.79 Å². The molecule has 0 radical (unpaired) electrons. The standard InChI is InChI=1S/C18H15NO3/c1-2-22-18(21)17(20)16-15(13-8-4-3-5-9-13)12-14-10-6-7-11-19(14)16/h3-12H,2H2,1H3.